The summed E-state index contributed by atoms with van der Waals surface area (Å²) >= 11 is 0. The van der Waals surface area contributed by atoms with Crippen LogP contribution in [0.5, 0.6) is 5.88 Å². The largest absolute Gasteiger partial charge is 0.462 e. The number of ether oxygens (including phenoxy) is 2. The van der Waals surface area contributed by atoms with E-state index in [1.165, 1.54) is 0 Å². The van der Waals surface area contributed by atoms with Crippen molar-refractivity contribution in [1.29, 1.82) is 0 Å². The molecular weight excluding hydrogens is 210 g/mol. The number of H-pyrrole nitrogens is 1. The van der Waals surface area contributed by atoms with Crippen LogP contribution in [-0.4, -0.2) is 22.8 Å². The van der Waals surface area contributed by atoms with Crippen molar-refractivity contribution >= 4 is 5.97 Å². The van der Waals surface area contributed by atoms with Crippen molar-refractivity contribution < 1.29 is 14.3 Å². The number of fused-ring (bicyclic) bond motifs is 1. The zero-order valence-corrected chi connectivity index (χ0v) is 9.16. The smallest absolute Gasteiger partial charge is 0.339 e. The van der Waals surface area contributed by atoms with Gasteiger partial charge in [0.15, 0.2) is 0 Å². The van der Waals surface area contributed by atoms with Crippen LogP contribution in [0.2, 0.25) is 0 Å². The Morgan fingerprint density at radius 1 is 1.69 bits per heavy atom. The number of nitrogens with one attached hydrogen (secondary N) is 1. The number of hydrogen-bond donors (Lipinski definition) is 2. The van der Waals surface area contributed by atoms with E-state index in [9.17, 15) is 4.79 Å². The van der Waals surface area contributed by atoms with E-state index in [1.54, 1.807) is 6.92 Å². The molecule has 2 heterocycles. The lowest BCUT2D eigenvalue weighted by Crippen LogP contribution is -2.23. The minimum atomic E-state index is -0.439. The standard InChI is InChI=1S/C10H13N3O3/c1-3-15-10(14)7-4-6-5(2)12-13-9(6)16-8(7)11/h3-4,11H2,1-2H3,(H,12,13). The molecule has 16 heavy (non-hydrogen) atoms. The third-order valence-corrected chi connectivity index (χ3v) is 2.42. The average Bonchev–Trinajstić information content (AvgIpc) is 2.59. The van der Waals surface area contributed by atoms with Gasteiger partial charge < -0.3 is 15.2 Å². The second-order valence-corrected chi connectivity index (χ2v) is 3.47. The van der Waals surface area contributed by atoms with Gasteiger partial charge in [0.25, 0.3) is 0 Å². The van der Waals surface area contributed by atoms with E-state index in [4.69, 9.17) is 15.2 Å². The van der Waals surface area contributed by atoms with Gasteiger partial charge in [-0.1, -0.05) is 0 Å². The molecule has 1 aliphatic heterocycles. The molecule has 0 saturated carbocycles. The lowest BCUT2D eigenvalue weighted by molar-refractivity contribution is -0.138. The molecule has 1 aromatic rings. The molecule has 0 unspecified atom stereocenters. The Morgan fingerprint density at radius 2 is 2.44 bits per heavy atom. The molecule has 0 bridgehead atoms. The highest BCUT2D eigenvalue weighted by Crippen LogP contribution is 2.28. The zero-order chi connectivity index (χ0) is 11.7. The molecule has 0 spiro atoms. The summed E-state index contributed by atoms with van der Waals surface area (Å²) < 4.78 is 10.1. The van der Waals surface area contributed by atoms with Crippen molar-refractivity contribution in [2.75, 3.05) is 6.61 Å². The molecule has 0 atom stereocenters. The van der Waals surface area contributed by atoms with E-state index >= 15 is 0 Å². The summed E-state index contributed by atoms with van der Waals surface area (Å²) in [6.07, 6.45) is 0.391. The third-order valence-electron chi connectivity index (χ3n) is 2.42. The number of hydrogen-bond acceptors (Lipinski definition) is 5. The topological polar surface area (TPSA) is 90.2 Å². The fraction of sp³-hybridized carbons (Fsp3) is 0.400. The maximum atomic E-state index is 11.6. The third kappa shape index (κ3) is 1.62. The number of nitrogens with zero attached hydrogens (tertiary/aromatic N) is 1. The second-order valence-electron chi connectivity index (χ2n) is 3.47. The maximum absolute atomic E-state index is 11.6. The predicted molar refractivity (Wildman–Crippen MR) is 55.5 cm³/mol. The maximum Gasteiger partial charge on any atom is 0.339 e. The molecule has 0 amide bonds. The number of nitrogens with two attached hydrogens (primary N) is 1. The highest BCUT2D eigenvalue weighted by Gasteiger charge is 2.27. The Bertz CT molecular complexity index is 462. The van der Waals surface area contributed by atoms with Crippen LogP contribution in [-0.2, 0) is 16.0 Å². The zero-order valence-electron chi connectivity index (χ0n) is 9.16. The predicted octanol–water partition coefficient (Wildman–Crippen LogP) is 0.386. The minimum absolute atomic E-state index is 0.0671. The molecule has 1 aromatic heterocycles. The summed E-state index contributed by atoms with van der Waals surface area (Å²) in [5, 5.41) is 6.71. The molecule has 3 N–H and O–H groups in total. The number of carbonyl (C=O) groups is 1. The fourth-order valence-electron chi connectivity index (χ4n) is 1.54. The summed E-state index contributed by atoms with van der Waals surface area (Å²) in [7, 11) is 0. The van der Waals surface area contributed by atoms with Gasteiger partial charge in [-0.15, -0.1) is 5.10 Å². The highest BCUT2D eigenvalue weighted by atomic mass is 16.5. The second kappa shape index (κ2) is 3.88. The minimum Gasteiger partial charge on any atom is -0.462 e. The summed E-state index contributed by atoms with van der Waals surface area (Å²) in [6, 6.07) is 0. The van der Waals surface area contributed by atoms with Gasteiger partial charge in [0.1, 0.15) is 5.57 Å². The fourth-order valence-corrected chi connectivity index (χ4v) is 1.54. The van der Waals surface area contributed by atoms with Crippen molar-refractivity contribution in [2.24, 2.45) is 5.73 Å². The van der Waals surface area contributed by atoms with Crippen molar-refractivity contribution in [2.45, 2.75) is 20.3 Å². The molecule has 1 aliphatic rings. The molecule has 6 nitrogen and oxygen atoms in total. The Morgan fingerprint density at radius 3 is 3.12 bits per heavy atom. The Balaban J connectivity index is 2.28. The van der Waals surface area contributed by atoms with Gasteiger partial charge in [-0.3, -0.25) is 5.10 Å². The van der Waals surface area contributed by atoms with Gasteiger partial charge in [-0.05, 0) is 13.8 Å². The molecule has 0 aromatic carbocycles. The van der Waals surface area contributed by atoms with Gasteiger partial charge in [0.05, 0.1) is 6.61 Å². The molecular formula is C10H13N3O3. The molecule has 0 radical (unpaired) electrons. The van der Waals surface area contributed by atoms with Crippen molar-refractivity contribution in [3.8, 4) is 5.88 Å². The van der Waals surface area contributed by atoms with Crippen LogP contribution in [0, 0.1) is 6.92 Å². The van der Waals surface area contributed by atoms with E-state index in [0.29, 0.717) is 24.5 Å². The van der Waals surface area contributed by atoms with Crippen LogP contribution in [0.4, 0.5) is 0 Å². The summed E-state index contributed by atoms with van der Waals surface area (Å²) in [5.41, 5.74) is 7.69. The lowest BCUT2D eigenvalue weighted by atomic mass is 10.0. The Labute approximate surface area is 92.4 Å². The van der Waals surface area contributed by atoms with Crippen LogP contribution < -0.4 is 10.5 Å². The molecule has 2 rings (SSSR count). The first-order valence-electron chi connectivity index (χ1n) is 5.01. The summed E-state index contributed by atoms with van der Waals surface area (Å²) in [4.78, 5) is 11.6. The number of carbonyl (C=O) groups excluding carboxylic acids is 1. The van der Waals surface area contributed by atoms with Crippen molar-refractivity contribution in [3.63, 3.8) is 0 Å². The van der Waals surface area contributed by atoms with Crippen LogP contribution in [0.25, 0.3) is 0 Å². The molecule has 0 aliphatic carbocycles. The van der Waals surface area contributed by atoms with Crippen LogP contribution in [0.3, 0.4) is 0 Å². The molecule has 0 saturated heterocycles. The Hall–Kier alpha value is -1.98. The van der Waals surface area contributed by atoms with E-state index in [0.717, 1.165) is 11.3 Å². The van der Waals surface area contributed by atoms with E-state index in [-0.39, 0.29) is 5.88 Å². The first-order chi connectivity index (χ1) is 7.63. The van der Waals surface area contributed by atoms with Gasteiger partial charge in [0.2, 0.25) is 11.8 Å². The van der Waals surface area contributed by atoms with E-state index in [2.05, 4.69) is 10.2 Å². The number of aromatic nitrogens is 2. The number of aryl methyl sites for hydroxylation is 1. The quantitative estimate of drug-likeness (QED) is 0.707. The molecule has 0 fully saturated rings. The van der Waals surface area contributed by atoms with Crippen molar-refractivity contribution in [3.05, 3.63) is 22.7 Å². The SMILES string of the molecule is CCOC(=O)C1=C(N)Oc2n[nH]c(C)c2C1. The number of rotatable bonds is 2. The van der Waals surface area contributed by atoms with Crippen LogP contribution in [0.1, 0.15) is 18.2 Å². The normalized spacial score (nSPS) is 14.4. The molecule has 6 heteroatoms. The van der Waals surface area contributed by atoms with Crippen LogP contribution >= 0.6 is 0 Å². The van der Waals surface area contributed by atoms with Crippen LogP contribution in [0.15, 0.2) is 11.5 Å². The average molecular weight is 223 g/mol. The number of esters is 1. The van der Waals surface area contributed by atoms with E-state index in [1.807, 2.05) is 6.92 Å². The van der Waals surface area contributed by atoms with Gasteiger partial charge >= 0.3 is 5.97 Å². The van der Waals surface area contributed by atoms with Gasteiger partial charge in [-0.2, -0.15) is 0 Å². The first-order valence-corrected chi connectivity index (χ1v) is 5.01. The summed E-state index contributed by atoms with van der Waals surface area (Å²) in [5.74, 6) is 0.0618. The first kappa shape index (κ1) is 10.5. The van der Waals surface area contributed by atoms with Gasteiger partial charge in [0, 0.05) is 17.7 Å². The molecule has 86 valence electrons. The number of aromatic amines is 1. The van der Waals surface area contributed by atoms with E-state index < -0.39 is 5.97 Å². The highest BCUT2D eigenvalue weighted by molar-refractivity contribution is 5.90. The van der Waals surface area contributed by atoms with Crippen molar-refractivity contribution in [1.82, 2.24) is 10.2 Å². The Kier molecular flexibility index (Phi) is 2.55. The monoisotopic (exact) mass is 223 g/mol. The van der Waals surface area contributed by atoms with Gasteiger partial charge in [-0.25, -0.2) is 4.79 Å². The summed E-state index contributed by atoms with van der Waals surface area (Å²) in [6.45, 7) is 3.92. The lowest BCUT2D eigenvalue weighted by Gasteiger charge is -2.16.